The van der Waals surface area contributed by atoms with Crippen molar-refractivity contribution in [3.63, 3.8) is 0 Å². The fourth-order valence-corrected chi connectivity index (χ4v) is 10.9. The van der Waals surface area contributed by atoms with E-state index in [1.165, 1.54) is 30.5 Å². The summed E-state index contributed by atoms with van der Waals surface area (Å²) in [6.07, 6.45) is 5.67. The number of benzene rings is 1. The third-order valence-electron chi connectivity index (χ3n) is 2.68. The maximum absolute atomic E-state index is 2.36. The molecule has 0 heterocycles. The second-order valence-corrected chi connectivity index (χ2v) is 11.6. The monoisotopic (exact) mass is 297 g/mol. The zero-order chi connectivity index (χ0) is 10.9. The van der Waals surface area contributed by atoms with Crippen LogP contribution in [-0.2, 0) is 28.5 Å². The van der Waals surface area contributed by atoms with Gasteiger partial charge in [0.1, 0.15) is 0 Å². The molecule has 1 aromatic rings. The minimum absolute atomic E-state index is 0.430. The number of unbranched alkanes of at least 4 members (excludes halogenated alkanes) is 1. The topological polar surface area (TPSA) is 0 Å². The van der Waals surface area contributed by atoms with Gasteiger partial charge in [0, 0.05) is 0 Å². The third kappa shape index (κ3) is 6.15. The molecule has 0 nitrogen and oxygen atoms in total. The van der Waals surface area contributed by atoms with Crippen molar-refractivity contribution in [1.82, 2.24) is 0 Å². The molecule has 0 spiro atoms. The van der Waals surface area contributed by atoms with Crippen molar-refractivity contribution in [3.8, 4) is 0 Å². The molecule has 2 atom stereocenters. The van der Waals surface area contributed by atoms with Crippen LogP contribution in [0.4, 0.5) is 0 Å². The molecule has 0 fully saturated rings. The molecular weight excluding hydrogens is 276 g/mol. The van der Waals surface area contributed by atoms with Gasteiger partial charge in [0.05, 0.1) is 0 Å². The molecule has 0 radical (unpaired) electrons. The van der Waals surface area contributed by atoms with Crippen molar-refractivity contribution in [2.45, 2.75) is 45.2 Å². The van der Waals surface area contributed by atoms with E-state index < -0.39 is 28.5 Å². The van der Waals surface area contributed by atoms with Gasteiger partial charge in [-0.15, -0.1) is 0 Å². The minimum atomic E-state index is -0.430. The summed E-state index contributed by atoms with van der Waals surface area (Å²) >= 11 is -0.430. The molecule has 1 rings (SSSR count). The first-order valence-corrected chi connectivity index (χ1v) is 12.8. The van der Waals surface area contributed by atoms with Crippen LogP contribution in [0.3, 0.4) is 0 Å². The van der Waals surface area contributed by atoms with E-state index in [0.717, 1.165) is 5.66 Å². The first-order chi connectivity index (χ1) is 7.36. The summed E-state index contributed by atoms with van der Waals surface area (Å²) in [5.41, 5.74) is 1.05. The van der Waals surface area contributed by atoms with Crippen LogP contribution in [0.5, 0.6) is 0 Å². The van der Waals surface area contributed by atoms with E-state index in [1.54, 1.807) is 2.37 Å². The average Bonchev–Trinajstić information content (AvgIpc) is 2.31. The van der Waals surface area contributed by atoms with Crippen LogP contribution >= 0.6 is 4.83 Å². The molecule has 0 saturated heterocycles. The fourth-order valence-electron chi connectivity index (χ4n) is 1.62. The Morgan fingerprint density at radius 2 is 1.93 bits per heavy atom. The average molecular weight is 297 g/mol. The van der Waals surface area contributed by atoms with Crippen molar-refractivity contribution >= 4 is 7.20 Å². The molecule has 0 bridgehead atoms. The summed E-state index contributed by atoms with van der Waals surface area (Å²) in [5, 5.41) is 0. The molecule has 0 amide bonds. The molecule has 81 valence electrons. The van der Waals surface area contributed by atoms with Crippen LogP contribution in [-0.4, -0.2) is 5.66 Å². The van der Waals surface area contributed by atoms with E-state index in [0.29, 0.717) is 0 Å². The van der Waals surface area contributed by atoms with Crippen molar-refractivity contribution < 1.29 is 28.5 Å². The number of rotatable bonds is 7. The quantitative estimate of drug-likeness (QED) is 0.668. The molecule has 0 aromatic heterocycles. The molecule has 15 heavy (non-hydrogen) atoms. The van der Waals surface area contributed by atoms with E-state index in [4.69, 9.17) is 0 Å². The molecule has 0 aliphatic carbocycles. The summed E-state index contributed by atoms with van der Waals surface area (Å²) in [6.45, 7) is 4.66. The summed E-state index contributed by atoms with van der Waals surface area (Å²) in [6, 6.07) is 11.2. The first kappa shape index (κ1) is 13.8. The number of hydrogen-bond donors (Lipinski definition) is 0. The van der Waals surface area contributed by atoms with Gasteiger partial charge < -0.3 is 0 Å². The van der Waals surface area contributed by atoms with Crippen LogP contribution in [0.2, 0.25) is 0 Å². The van der Waals surface area contributed by atoms with Gasteiger partial charge in [0.25, 0.3) is 0 Å². The van der Waals surface area contributed by atoms with Gasteiger partial charge in [0.2, 0.25) is 0 Å². The SMILES string of the molecule is CCCCC(CC)[PH][Y][c]1ccccc1. The molecule has 2 heteroatoms. The Kier molecular flexibility index (Phi) is 8.16. The van der Waals surface area contributed by atoms with Crippen LogP contribution in [0.25, 0.3) is 0 Å². The Labute approximate surface area is 110 Å². The van der Waals surface area contributed by atoms with Gasteiger partial charge in [-0.05, 0) is 0 Å². The van der Waals surface area contributed by atoms with E-state index in [2.05, 4.69) is 44.2 Å². The summed E-state index contributed by atoms with van der Waals surface area (Å²) < 4.78 is 1.70. The van der Waals surface area contributed by atoms with Gasteiger partial charge in [-0.1, -0.05) is 0 Å². The predicted molar refractivity (Wildman–Crippen MR) is 68.0 cm³/mol. The van der Waals surface area contributed by atoms with Crippen molar-refractivity contribution in [2.75, 3.05) is 0 Å². The molecule has 0 saturated carbocycles. The Hall–Kier alpha value is 0.754. The second-order valence-electron chi connectivity index (χ2n) is 3.97. The van der Waals surface area contributed by atoms with E-state index in [1.807, 2.05) is 0 Å². The van der Waals surface area contributed by atoms with Crippen molar-refractivity contribution in [2.24, 2.45) is 0 Å². The van der Waals surface area contributed by atoms with Gasteiger partial charge >= 0.3 is 111 Å². The zero-order valence-corrected chi connectivity index (χ0v) is 13.7. The summed E-state index contributed by atoms with van der Waals surface area (Å²) in [4.78, 5) is 1.30. The standard InChI is InChI=1S/C7H16P.C6H5.Y/c1-3-5-6-7(8)4-2;1-2-4-6-5-3-1;/h7-8H,3-6H2,1-2H3;1-5H;/q-1;;+1. The predicted octanol–water partition coefficient (Wildman–Crippen LogP) is 3.96. The van der Waals surface area contributed by atoms with Gasteiger partial charge in [0.15, 0.2) is 0 Å². The molecule has 0 aliphatic rings. The maximum atomic E-state index is 2.36. The normalized spacial score (nSPS) is 12.9. The Morgan fingerprint density at radius 3 is 2.53 bits per heavy atom. The van der Waals surface area contributed by atoms with Gasteiger partial charge in [-0.2, -0.15) is 0 Å². The van der Waals surface area contributed by atoms with E-state index in [9.17, 15) is 0 Å². The van der Waals surface area contributed by atoms with E-state index >= 15 is 0 Å². The van der Waals surface area contributed by atoms with Gasteiger partial charge in [-0.3, -0.25) is 0 Å². The molecule has 0 aliphatic heterocycles. The Bertz CT molecular complexity index is 248. The summed E-state index contributed by atoms with van der Waals surface area (Å²) in [7, 11) is 0. The van der Waals surface area contributed by atoms with Crippen LogP contribution < -0.4 is 2.37 Å². The van der Waals surface area contributed by atoms with Crippen molar-refractivity contribution in [1.29, 1.82) is 0 Å². The zero-order valence-electron chi connectivity index (χ0n) is 9.87. The Balaban J connectivity index is 2.28. The van der Waals surface area contributed by atoms with E-state index in [-0.39, 0.29) is 0 Å². The van der Waals surface area contributed by atoms with Crippen LogP contribution in [0, 0.1) is 0 Å². The molecular formula is C13H21PY. The molecule has 0 N–H and O–H groups in total. The number of hydrogen-bond acceptors (Lipinski definition) is 0. The van der Waals surface area contributed by atoms with Crippen molar-refractivity contribution in [3.05, 3.63) is 30.3 Å². The fraction of sp³-hybridized carbons (Fsp3) is 0.538. The summed E-state index contributed by atoms with van der Waals surface area (Å²) in [5.74, 6) is 0. The Morgan fingerprint density at radius 1 is 1.20 bits per heavy atom. The second kappa shape index (κ2) is 8.85. The van der Waals surface area contributed by atoms with Gasteiger partial charge in [-0.25, -0.2) is 0 Å². The van der Waals surface area contributed by atoms with Crippen LogP contribution in [0.1, 0.15) is 39.5 Å². The first-order valence-electron chi connectivity index (χ1n) is 6.01. The molecule has 2 unspecified atom stereocenters. The third-order valence-corrected chi connectivity index (χ3v) is 12.5. The van der Waals surface area contributed by atoms with Crippen LogP contribution in [0.15, 0.2) is 30.3 Å². The molecule has 1 aromatic carbocycles.